The zero-order valence-electron chi connectivity index (χ0n) is 16.1. The molecule has 3 aromatic rings. The lowest BCUT2D eigenvalue weighted by molar-refractivity contribution is -0.143. The quantitative estimate of drug-likeness (QED) is 0.641. The Kier molecular flexibility index (Phi) is 4.43. The third-order valence-corrected chi connectivity index (χ3v) is 5.17. The highest BCUT2D eigenvalue weighted by atomic mass is 19.4. The van der Waals surface area contributed by atoms with E-state index in [2.05, 4.69) is 25.1 Å². The molecule has 29 heavy (non-hydrogen) atoms. The maximum absolute atomic E-state index is 12.5. The number of aromatic nitrogens is 6. The van der Waals surface area contributed by atoms with Crippen molar-refractivity contribution in [3.63, 3.8) is 0 Å². The molecule has 0 bridgehead atoms. The van der Waals surface area contributed by atoms with E-state index in [0.717, 1.165) is 17.1 Å². The first-order valence-electron chi connectivity index (χ1n) is 8.92. The highest BCUT2D eigenvalue weighted by molar-refractivity contribution is 5.57. The predicted octanol–water partition coefficient (Wildman–Crippen LogP) is 1.19. The topological polar surface area (TPSA) is 84.4 Å². The second kappa shape index (κ2) is 6.71. The molecule has 0 unspecified atom stereocenters. The molecule has 0 N–H and O–H groups in total. The number of alkyl halides is 3. The molecule has 1 aliphatic rings. The van der Waals surface area contributed by atoms with E-state index in [0.29, 0.717) is 29.2 Å². The van der Waals surface area contributed by atoms with Gasteiger partial charge in [0.15, 0.2) is 0 Å². The van der Waals surface area contributed by atoms with Crippen LogP contribution in [0.15, 0.2) is 23.4 Å². The van der Waals surface area contributed by atoms with Gasteiger partial charge in [-0.15, -0.1) is 0 Å². The van der Waals surface area contributed by atoms with Gasteiger partial charge in [-0.05, 0) is 13.8 Å². The Morgan fingerprint density at radius 2 is 1.97 bits per heavy atom. The Morgan fingerprint density at radius 1 is 1.24 bits per heavy atom. The molecule has 1 aliphatic heterocycles. The zero-order chi connectivity index (χ0) is 20.9. The van der Waals surface area contributed by atoms with E-state index in [1.807, 2.05) is 25.8 Å². The number of rotatable bonds is 4. The Morgan fingerprint density at radius 3 is 2.62 bits per heavy atom. The van der Waals surface area contributed by atoms with Crippen molar-refractivity contribution in [3.8, 4) is 0 Å². The molecule has 4 heterocycles. The van der Waals surface area contributed by atoms with Crippen LogP contribution in [0.5, 0.6) is 0 Å². The van der Waals surface area contributed by atoms with Crippen LogP contribution < -0.4 is 15.4 Å². The molecule has 1 fully saturated rings. The molecule has 154 valence electrons. The van der Waals surface area contributed by atoms with Crippen molar-refractivity contribution in [2.75, 3.05) is 29.9 Å². The maximum atomic E-state index is 12.5. The summed E-state index contributed by atoms with van der Waals surface area (Å²) in [7, 11) is 1.95. The van der Waals surface area contributed by atoms with Crippen LogP contribution in [-0.2, 0) is 6.54 Å². The summed E-state index contributed by atoms with van der Waals surface area (Å²) in [4.78, 5) is 24.5. The Balaban J connectivity index is 1.51. The summed E-state index contributed by atoms with van der Waals surface area (Å²) in [5.41, 5.74) is 1.58. The fourth-order valence-electron chi connectivity index (χ4n) is 3.40. The molecule has 4 rings (SSSR count). The minimum atomic E-state index is -4.49. The molecule has 0 radical (unpaired) electrons. The third-order valence-electron chi connectivity index (χ3n) is 5.17. The van der Waals surface area contributed by atoms with Crippen LogP contribution in [0.1, 0.15) is 11.3 Å². The predicted molar refractivity (Wildman–Crippen MR) is 99.2 cm³/mol. The summed E-state index contributed by atoms with van der Waals surface area (Å²) in [6.45, 7) is 3.67. The summed E-state index contributed by atoms with van der Waals surface area (Å²) in [5, 5.41) is 7.90. The first-order valence-corrected chi connectivity index (χ1v) is 8.92. The van der Waals surface area contributed by atoms with Gasteiger partial charge < -0.3 is 9.80 Å². The number of hydrogen-bond acceptors (Lipinski definition) is 7. The monoisotopic (exact) mass is 408 g/mol. The van der Waals surface area contributed by atoms with Crippen molar-refractivity contribution in [1.29, 1.82) is 0 Å². The van der Waals surface area contributed by atoms with E-state index < -0.39 is 18.3 Å². The van der Waals surface area contributed by atoms with Gasteiger partial charge in [-0.1, -0.05) is 0 Å². The number of nitrogens with zero attached hydrogens (tertiary/aromatic N) is 8. The van der Waals surface area contributed by atoms with Gasteiger partial charge in [0.05, 0.1) is 17.9 Å². The van der Waals surface area contributed by atoms with Crippen molar-refractivity contribution < 1.29 is 13.2 Å². The van der Waals surface area contributed by atoms with Gasteiger partial charge in [-0.2, -0.15) is 32.9 Å². The van der Waals surface area contributed by atoms with Crippen LogP contribution in [0, 0.1) is 13.8 Å². The molecule has 3 aromatic heterocycles. The van der Waals surface area contributed by atoms with Gasteiger partial charge in [0, 0.05) is 37.5 Å². The number of fused-ring (bicyclic) bond motifs is 1. The molecule has 0 atom stereocenters. The summed E-state index contributed by atoms with van der Waals surface area (Å²) in [5.74, 6) is 1.40. The molecule has 0 aliphatic carbocycles. The molecule has 12 heteroatoms. The number of anilines is 2. The Hall–Kier alpha value is -3.18. The van der Waals surface area contributed by atoms with E-state index in [4.69, 9.17) is 0 Å². The first kappa shape index (κ1) is 19.2. The number of aryl methyl sites for hydroxylation is 1. The highest BCUT2D eigenvalue weighted by Crippen LogP contribution is 2.28. The summed E-state index contributed by atoms with van der Waals surface area (Å²) in [6.07, 6.45) is -1.75. The van der Waals surface area contributed by atoms with Crippen molar-refractivity contribution >= 4 is 17.3 Å². The van der Waals surface area contributed by atoms with Crippen LogP contribution in [-0.4, -0.2) is 61.7 Å². The van der Waals surface area contributed by atoms with Crippen LogP contribution in [0.3, 0.4) is 0 Å². The summed E-state index contributed by atoms with van der Waals surface area (Å²) >= 11 is 0. The second-order valence-electron chi connectivity index (χ2n) is 7.11. The van der Waals surface area contributed by atoms with Gasteiger partial charge in [0.2, 0.25) is 0 Å². The van der Waals surface area contributed by atoms with Crippen LogP contribution in [0.25, 0.3) is 5.78 Å². The van der Waals surface area contributed by atoms with Crippen LogP contribution in [0.4, 0.5) is 24.7 Å². The van der Waals surface area contributed by atoms with Gasteiger partial charge in [0.25, 0.3) is 11.3 Å². The summed E-state index contributed by atoms with van der Waals surface area (Å²) in [6, 6.07) is 1.31. The van der Waals surface area contributed by atoms with Crippen molar-refractivity contribution in [3.05, 3.63) is 40.2 Å². The lowest BCUT2D eigenvalue weighted by Gasteiger charge is -2.46. The molecule has 0 saturated carbocycles. The molecular formula is C17H19F3N8O. The third kappa shape index (κ3) is 3.49. The SMILES string of the molecule is Cc1nc2ncnn2c(N(C)C2CN(c3cnn(CC(F)(F)F)c(=O)c3)C2)c1C. The molecule has 0 aromatic carbocycles. The van der Waals surface area contributed by atoms with E-state index in [1.165, 1.54) is 18.6 Å². The van der Waals surface area contributed by atoms with E-state index in [1.54, 1.807) is 4.52 Å². The van der Waals surface area contributed by atoms with E-state index in [9.17, 15) is 18.0 Å². The maximum Gasteiger partial charge on any atom is 0.408 e. The Labute approximate surface area is 163 Å². The average molecular weight is 408 g/mol. The fourth-order valence-corrected chi connectivity index (χ4v) is 3.40. The molecule has 1 saturated heterocycles. The van der Waals surface area contributed by atoms with Gasteiger partial charge in [0.1, 0.15) is 18.7 Å². The smallest absolute Gasteiger partial charge is 0.366 e. The van der Waals surface area contributed by atoms with Crippen LogP contribution >= 0.6 is 0 Å². The minimum absolute atomic E-state index is 0.125. The number of halogens is 3. The largest absolute Gasteiger partial charge is 0.408 e. The first-order chi connectivity index (χ1) is 13.6. The minimum Gasteiger partial charge on any atom is -0.366 e. The zero-order valence-corrected chi connectivity index (χ0v) is 16.1. The fraction of sp³-hybridized carbons (Fsp3) is 0.471. The molecular weight excluding hydrogens is 389 g/mol. The van der Waals surface area contributed by atoms with Gasteiger partial charge in [-0.3, -0.25) is 4.79 Å². The highest BCUT2D eigenvalue weighted by Gasteiger charge is 2.34. The van der Waals surface area contributed by atoms with Crippen molar-refractivity contribution in [2.24, 2.45) is 0 Å². The average Bonchev–Trinajstić information content (AvgIpc) is 3.03. The van der Waals surface area contributed by atoms with Crippen molar-refractivity contribution in [2.45, 2.75) is 32.6 Å². The lowest BCUT2D eigenvalue weighted by Crippen LogP contribution is -2.59. The van der Waals surface area contributed by atoms with Gasteiger partial charge >= 0.3 is 6.18 Å². The summed E-state index contributed by atoms with van der Waals surface area (Å²) < 4.78 is 39.5. The van der Waals surface area contributed by atoms with Crippen LogP contribution in [0.2, 0.25) is 0 Å². The van der Waals surface area contributed by atoms with E-state index in [-0.39, 0.29) is 6.04 Å². The number of hydrogen-bond donors (Lipinski definition) is 0. The second-order valence-corrected chi connectivity index (χ2v) is 7.11. The lowest BCUT2D eigenvalue weighted by atomic mass is 10.1. The Bertz CT molecular complexity index is 1120. The number of likely N-dealkylation sites (N-methyl/N-ethyl adjacent to an activating group) is 1. The van der Waals surface area contributed by atoms with Gasteiger partial charge in [-0.25, -0.2) is 9.67 Å². The standard InChI is InChI=1S/C17H19F3N8O/c1-10-11(2)24-16-21-9-23-28(16)15(10)25(3)13-6-26(7-13)12-4-14(29)27(22-5-12)8-17(18,19)20/h4-5,9,13H,6-8H2,1-3H3. The molecule has 9 nitrogen and oxygen atoms in total. The normalized spacial score (nSPS) is 15.0. The molecule has 0 amide bonds. The molecule has 0 spiro atoms. The van der Waals surface area contributed by atoms with E-state index >= 15 is 0 Å². The van der Waals surface area contributed by atoms with Crippen molar-refractivity contribution in [1.82, 2.24) is 29.4 Å².